The predicted molar refractivity (Wildman–Crippen MR) is 138 cm³/mol. The van der Waals surface area contributed by atoms with Gasteiger partial charge < -0.3 is 9.72 Å². The van der Waals surface area contributed by atoms with E-state index in [4.69, 9.17) is 4.74 Å². The minimum atomic E-state index is -3.31. The number of pyridine rings is 1. The van der Waals surface area contributed by atoms with Crippen molar-refractivity contribution in [2.24, 2.45) is 0 Å². The van der Waals surface area contributed by atoms with Crippen molar-refractivity contribution in [3.8, 4) is 16.9 Å². The second kappa shape index (κ2) is 9.73. The van der Waals surface area contributed by atoms with E-state index >= 15 is 0 Å². The average Bonchev–Trinajstić information content (AvgIpc) is 2.72. The molecule has 6 nitrogen and oxygen atoms in total. The van der Waals surface area contributed by atoms with Crippen molar-refractivity contribution < 1.29 is 13.2 Å². The number of rotatable bonds is 7. The number of aryl methyl sites for hydroxylation is 2. The van der Waals surface area contributed by atoms with Crippen molar-refractivity contribution in [3.05, 3.63) is 80.2 Å². The van der Waals surface area contributed by atoms with Gasteiger partial charge in [0.25, 0.3) is 5.56 Å². The van der Waals surface area contributed by atoms with Crippen LogP contribution in [0.4, 0.5) is 5.69 Å². The number of hydrogen-bond acceptors (Lipinski definition) is 4. The van der Waals surface area contributed by atoms with Crippen molar-refractivity contribution in [1.29, 1.82) is 0 Å². The monoisotopic (exact) mass is 532 g/mol. The molecule has 0 fully saturated rings. The fourth-order valence-electron chi connectivity index (χ4n) is 3.73. The molecule has 0 saturated heterocycles. The zero-order valence-electron chi connectivity index (χ0n) is 19.5. The summed E-state index contributed by atoms with van der Waals surface area (Å²) in [5.74, 6) is 0.827. The third-order valence-corrected chi connectivity index (χ3v) is 6.36. The van der Waals surface area contributed by atoms with E-state index < -0.39 is 10.0 Å². The molecule has 0 aliphatic rings. The second-order valence-electron chi connectivity index (χ2n) is 9.10. The maximum Gasteiger partial charge on any atom is 0.255 e. The summed E-state index contributed by atoms with van der Waals surface area (Å²) < 4.78 is 32.0. The molecule has 0 aliphatic carbocycles. The number of H-pyrrole nitrogens is 1. The number of nitrogens with one attached hydrogen (secondary N) is 2. The van der Waals surface area contributed by atoms with Gasteiger partial charge in [0.1, 0.15) is 5.75 Å². The Morgan fingerprint density at radius 2 is 1.73 bits per heavy atom. The van der Waals surface area contributed by atoms with E-state index in [-0.39, 0.29) is 11.0 Å². The van der Waals surface area contributed by atoms with Gasteiger partial charge in [-0.1, -0.05) is 32.9 Å². The molecule has 0 aliphatic heterocycles. The lowest BCUT2D eigenvalue weighted by molar-refractivity contribution is 0.392. The van der Waals surface area contributed by atoms with Crippen LogP contribution in [-0.2, 0) is 28.3 Å². The Bertz CT molecular complexity index is 1310. The van der Waals surface area contributed by atoms with Crippen molar-refractivity contribution in [2.45, 2.75) is 39.0 Å². The zero-order valence-corrected chi connectivity index (χ0v) is 21.9. The number of ether oxygens (including phenoxy) is 1. The third kappa shape index (κ3) is 6.48. The molecule has 1 aromatic heterocycles. The van der Waals surface area contributed by atoms with Crippen LogP contribution in [0.3, 0.4) is 0 Å². The Balaban J connectivity index is 2.00. The van der Waals surface area contributed by atoms with E-state index in [0.29, 0.717) is 17.7 Å². The van der Waals surface area contributed by atoms with Gasteiger partial charge >= 0.3 is 0 Å². The van der Waals surface area contributed by atoms with E-state index in [2.05, 4.69) is 46.4 Å². The molecule has 33 heavy (non-hydrogen) atoms. The Morgan fingerprint density at radius 1 is 1.06 bits per heavy atom. The van der Waals surface area contributed by atoms with Gasteiger partial charge in [-0.05, 0) is 81.2 Å². The lowest BCUT2D eigenvalue weighted by Gasteiger charge is -2.25. The molecule has 0 unspecified atom stereocenters. The van der Waals surface area contributed by atoms with Gasteiger partial charge in [-0.2, -0.15) is 0 Å². The zero-order chi connectivity index (χ0) is 24.4. The lowest BCUT2D eigenvalue weighted by atomic mass is 9.82. The van der Waals surface area contributed by atoms with Crippen molar-refractivity contribution in [3.63, 3.8) is 0 Å². The molecule has 0 radical (unpaired) electrons. The maximum absolute atomic E-state index is 12.6. The summed E-state index contributed by atoms with van der Waals surface area (Å²) >= 11 is 3.45. The van der Waals surface area contributed by atoms with Gasteiger partial charge in [0.15, 0.2) is 0 Å². The molecule has 0 bridgehead atoms. The van der Waals surface area contributed by atoms with E-state index in [1.54, 1.807) is 25.4 Å². The molecule has 3 rings (SSSR count). The summed E-state index contributed by atoms with van der Waals surface area (Å²) in [6, 6.07) is 13.2. The largest absolute Gasteiger partial charge is 0.496 e. The number of aromatic amines is 1. The number of benzene rings is 2. The van der Waals surface area contributed by atoms with Gasteiger partial charge in [0.2, 0.25) is 10.0 Å². The Kier molecular flexibility index (Phi) is 7.39. The van der Waals surface area contributed by atoms with Gasteiger partial charge in [-0.3, -0.25) is 9.52 Å². The van der Waals surface area contributed by atoms with Crippen LogP contribution in [0.15, 0.2) is 57.9 Å². The topological polar surface area (TPSA) is 88.3 Å². The maximum atomic E-state index is 12.6. The van der Waals surface area contributed by atoms with Crippen LogP contribution in [0, 0.1) is 0 Å². The number of anilines is 1. The molecule has 2 aromatic carbocycles. The first kappa shape index (κ1) is 25.1. The molecular weight excluding hydrogens is 504 g/mol. The molecule has 3 aromatic rings. The number of halogens is 1. The number of methoxy groups -OCH3 is 1. The molecule has 2 N–H and O–H groups in total. The van der Waals surface area contributed by atoms with Crippen LogP contribution in [0.1, 0.15) is 37.5 Å². The highest BCUT2D eigenvalue weighted by Crippen LogP contribution is 2.38. The third-order valence-electron chi connectivity index (χ3n) is 5.30. The quantitative estimate of drug-likeness (QED) is 0.433. The summed E-state index contributed by atoms with van der Waals surface area (Å²) in [4.78, 5) is 15.3. The van der Waals surface area contributed by atoms with Gasteiger partial charge in [0, 0.05) is 27.5 Å². The minimum Gasteiger partial charge on any atom is -0.496 e. The van der Waals surface area contributed by atoms with E-state index in [0.717, 1.165) is 45.2 Å². The molecule has 8 heteroatoms. The van der Waals surface area contributed by atoms with Gasteiger partial charge in [0.05, 0.1) is 13.4 Å². The van der Waals surface area contributed by atoms with Gasteiger partial charge in [-0.15, -0.1) is 0 Å². The van der Waals surface area contributed by atoms with Crippen LogP contribution in [0.2, 0.25) is 0 Å². The van der Waals surface area contributed by atoms with Crippen molar-refractivity contribution >= 4 is 31.6 Å². The van der Waals surface area contributed by atoms with E-state index in [1.165, 1.54) is 0 Å². The first-order valence-corrected chi connectivity index (χ1v) is 13.2. The minimum absolute atomic E-state index is 0.150. The number of aromatic nitrogens is 1. The Morgan fingerprint density at radius 3 is 2.30 bits per heavy atom. The fraction of sp³-hybridized carbons (Fsp3) is 0.320. The fourth-order valence-corrected chi connectivity index (χ4v) is 4.64. The summed E-state index contributed by atoms with van der Waals surface area (Å²) in [6.07, 6.45) is 4.19. The Labute approximate surface area is 203 Å². The molecular formula is C25H29BrN2O4S. The molecule has 176 valence electrons. The second-order valence-corrected chi connectivity index (χ2v) is 11.8. The van der Waals surface area contributed by atoms with Crippen molar-refractivity contribution in [2.75, 3.05) is 18.1 Å². The highest BCUT2D eigenvalue weighted by Gasteiger charge is 2.23. The van der Waals surface area contributed by atoms with Crippen LogP contribution in [0.25, 0.3) is 11.1 Å². The first-order valence-electron chi connectivity index (χ1n) is 10.5. The van der Waals surface area contributed by atoms with Crippen LogP contribution in [0.5, 0.6) is 5.75 Å². The molecule has 0 saturated carbocycles. The number of sulfonamides is 1. The summed E-state index contributed by atoms with van der Waals surface area (Å²) in [5.41, 5.74) is 4.74. The molecule has 0 amide bonds. The SMILES string of the molecule is COc1c(CCc2ccc(NS(C)(=O)=O)cc2)cc(-c2cc(Br)c[nH]c2=O)cc1C(C)(C)C. The first-order chi connectivity index (χ1) is 15.4. The van der Waals surface area contributed by atoms with Crippen molar-refractivity contribution in [1.82, 2.24) is 4.98 Å². The van der Waals surface area contributed by atoms with E-state index in [1.807, 2.05) is 30.3 Å². The molecule has 1 heterocycles. The average molecular weight is 533 g/mol. The summed E-state index contributed by atoms with van der Waals surface area (Å²) in [5, 5.41) is 0. The van der Waals surface area contributed by atoms with Crippen LogP contribution >= 0.6 is 15.9 Å². The predicted octanol–water partition coefficient (Wildman–Crippen LogP) is 5.27. The van der Waals surface area contributed by atoms with Crippen LogP contribution in [-0.4, -0.2) is 26.8 Å². The smallest absolute Gasteiger partial charge is 0.255 e. The van der Waals surface area contributed by atoms with E-state index in [9.17, 15) is 13.2 Å². The van der Waals surface area contributed by atoms with Gasteiger partial charge in [-0.25, -0.2) is 8.42 Å². The number of hydrogen-bond donors (Lipinski definition) is 2. The highest BCUT2D eigenvalue weighted by molar-refractivity contribution is 9.10. The Hall–Kier alpha value is -2.58. The normalized spacial score (nSPS) is 11.9. The van der Waals surface area contributed by atoms with Crippen LogP contribution < -0.4 is 15.0 Å². The lowest BCUT2D eigenvalue weighted by Crippen LogP contribution is -2.16. The molecule has 0 atom stereocenters. The summed E-state index contributed by atoms with van der Waals surface area (Å²) in [7, 11) is -1.64. The molecule has 0 spiro atoms. The summed E-state index contributed by atoms with van der Waals surface area (Å²) in [6.45, 7) is 6.37. The standard InChI is InChI=1S/C25H29BrN2O4S/c1-25(2,3)22-13-18(21-14-19(26)15-27-24(21)29)12-17(23(22)32-4)9-6-16-7-10-20(11-8-16)28-33(5,30)31/h7-8,10-15,28H,6,9H2,1-5H3,(H,27,29). The highest BCUT2D eigenvalue weighted by atomic mass is 79.9.